The van der Waals surface area contributed by atoms with E-state index in [2.05, 4.69) is 13.8 Å². The number of carbonyl (C=O) groups is 1. The summed E-state index contributed by atoms with van der Waals surface area (Å²) in [5.41, 5.74) is 1.80. The fourth-order valence-corrected chi connectivity index (χ4v) is 3.04. The molecule has 1 amide bonds. The van der Waals surface area contributed by atoms with E-state index in [1.54, 1.807) is 0 Å². The molecule has 0 bridgehead atoms. The highest BCUT2D eigenvalue weighted by molar-refractivity contribution is 5.97. The summed E-state index contributed by atoms with van der Waals surface area (Å²) in [4.78, 5) is 18.0. The molecular formula is C20H31NO3. The second-order valence-electron chi connectivity index (χ2n) is 6.46. The van der Waals surface area contributed by atoms with E-state index in [-0.39, 0.29) is 12.0 Å². The summed E-state index contributed by atoms with van der Waals surface area (Å²) in [6.45, 7) is 6.30. The maximum Gasteiger partial charge on any atom is 0.278 e. The van der Waals surface area contributed by atoms with Crippen molar-refractivity contribution in [3.8, 4) is 0 Å². The summed E-state index contributed by atoms with van der Waals surface area (Å²) in [5, 5.41) is 1.48. The van der Waals surface area contributed by atoms with E-state index < -0.39 is 0 Å². The topological polar surface area (TPSA) is 38.8 Å². The van der Waals surface area contributed by atoms with Gasteiger partial charge < -0.3 is 4.74 Å². The molecule has 0 fully saturated rings. The average Bonchev–Trinajstić information content (AvgIpc) is 2.91. The summed E-state index contributed by atoms with van der Waals surface area (Å²) in [5.74, 6) is -0.0295. The first kappa shape index (κ1) is 18.9. The molecule has 1 aromatic carbocycles. The number of nitrogens with zero attached hydrogens (tertiary/aromatic N) is 1. The van der Waals surface area contributed by atoms with E-state index in [1.807, 2.05) is 24.3 Å². The summed E-state index contributed by atoms with van der Waals surface area (Å²) >= 11 is 0. The van der Waals surface area contributed by atoms with Crippen LogP contribution in [0, 0.1) is 0 Å². The van der Waals surface area contributed by atoms with Crippen LogP contribution < -0.4 is 0 Å². The van der Waals surface area contributed by atoms with Gasteiger partial charge in [0.2, 0.25) is 0 Å². The Morgan fingerprint density at radius 1 is 1.04 bits per heavy atom. The molecule has 1 heterocycles. The molecule has 2 rings (SSSR count). The zero-order chi connectivity index (χ0) is 17.2. The van der Waals surface area contributed by atoms with Crippen molar-refractivity contribution in [2.75, 3.05) is 13.2 Å². The van der Waals surface area contributed by atoms with Crippen LogP contribution in [0.3, 0.4) is 0 Å². The van der Waals surface area contributed by atoms with Crippen LogP contribution in [0.2, 0.25) is 0 Å². The van der Waals surface area contributed by atoms with Crippen LogP contribution in [0.5, 0.6) is 0 Å². The number of hydroxylamine groups is 2. The van der Waals surface area contributed by atoms with Gasteiger partial charge in [0.15, 0.2) is 0 Å². The number of hydrogen-bond acceptors (Lipinski definition) is 3. The Hall–Kier alpha value is -1.39. The maximum atomic E-state index is 12.2. The number of benzene rings is 1. The Balaban J connectivity index is 1.68. The zero-order valence-corrected chi connectivity index (χ0v) is 15.1. The van der Waals surface area contributed by atoms with E-state index in [9.17, 15) is 4.79 Å². The van der Waals surface area contributed by atoms with Crippen molar-refractivity contribution in [1.29, 1.82) is 0 Å². The number of carbonyl (C=O) groups excluding carboxylic acids is 1. The molecule has 4 heteroatoms. The lowest BCUT2D eigenvalue weighted by molar-refractivity contribution is -0.133. The molecule has 4 nitrogen and oxygen atoms in total. The van der Waals surface area contributed by atoms with Crippen molar-refractivity contribution in [2.45, 2.75) is 71.4 Å². The van der Waals surface area contributed by atoms with Crippen molar-refractivity contribution >= 4 is 5.91 Å². The molecule has 1 unspecified atom stereocenters. The van der Waals surface area contributed by atoms with Crippen molar-refractivity contribution in [3.63, 3.8) is 0 Å². The molecule has 1 atom stereocenters. The first-order valence-corrected chi connectivity index (χ1v) is 9.40. The van der Waals surface area contributed by atoms with Crippen LogP contribution in [0.25, 0.3) is 0 Å². The third kappa shape index (κ3) is 5.60. The number of unbranched alkanes of at least 4 members (excludes halogenated alkanes) is 3. The number of amides is 1. The SMILES string of the molecule is CCCCCCOC(CCC)CCON1Cc2ccccc2C1=O. The number of fused-ring (bicyclic) bond motifs is 1. The van der Waals surface area contributed by atoms with Crippen LogP contribution in [-0.2, 0) is 16.1 Å². The molecule has 0 aliphatic carbocycles. The molecule has 0 aromatic heterocycles. The molecule has 0 saturated heterocycles. The van der Waals surface area contributed by atoms with Gasteiger partial charge in [-0.3, -0.25) is 9.63 Å². The van der Waals surface area contributed by atoms with Gasteiger partial charge in [0.05, 0.1) is 19.3 Å². The molecule has 0 N–H and O–H groups in total. The molecule has 0 radical (unpaired) electrons. The van der Waals surface area contributed by atoms with E-state index >= 15 is 0 Å². The molecule has 0 spiro atoms. The first-order chi connectivity index (χ1) is 11.8. The second kappa shape index (κ2) is 10.5. The van der Waals surface area contributed by atoms with Gasteiger partial charge in [0.1, 0.15) is 0 Å². The molecule has 24 heavy (non-hydrogen) atoms. The summed E-state index contributed by atoms with van der Waals surface area (Å²) in [6, 6.07) is 7.69. The Morgan fingerprint density at radius 2 is 1.88 bits per heavy atom. The van der Waals surface area contributed by atoms with E-state index in [0.717, 1.165) is 43.4 Å². The van der Waals surface area contributed by atoms with Gasteiger partial charge >= 0.3 is 0 Å². The van der Waals surface area contributed by atoms with Crippen molar-refractivity contribution < 1.29 is 14.4 Å². The second-order valence-corrected chi connectivity index (χ2v) is 6.46. The van der Waals surface area contributed by atoms with Gasteiger partial charge in [-0.05, 0) is 30.9 Å². The monoisotopic (exact) mass is 333 g/mol. The van der Waals surface area contributed by atoms with Gasteiger partial charge in [0, 0.05) is 12.2 Å². The number of hydrogen-bond donors (Lipinski definition) is 0. The van der Waals surface area contributed by atoms with Crippen molar-refractivity contribution in [1.82, 2.24) is 5.06 Å². The molecule has 0 saturated carbocycles. The Labute approximate surface area is 146 Å². The smallest absolute Gasteiger partial charge is 0.278 e. The van der Waals surface area contributed by atoms with Crippen molar-refractivity contribution in [2.24, 2.45) is 0 Å². The lowest BCUT2D eigenvalue weighted by Gasteiger charge is -2.20. The van der Waals surface area contributed by atoms with Gasteiger partial charge in [-0.15, -0.1) is 0 Å². The summed E-state index contributed by atoms with van der Waals surface area (Å²) in [6.07, 6.45) is 8.12. The van der Waals surface area contributed by atoms with Crippen LogP contribution in [0.1, 0.15) is 74.7 Å². The standard InChI is InChI=1S/C20H31NO3/c1-3-5-6-9-14-23-18(10-4-2)13-15-24-21-16-17-11-7-8-12-19(17)20(21)22/h7-8,11-12,18H,3-6,9-10,13-16H2,1-2H3. The maximum absolute atomic E-state index is 12.2. The minimum absolute atomic E-state index is 0.0295. The predicted molar refractivity (Wildman–Crippen MR) is 95.7 cm³/mol. The number of ether oxygens (including phenoxy) is 1. The van der Waals surface area contributed by atoms with Gasteiger partial charge in [-0.25, -0.2) is 5.06 Å². The third-order valence-corrected chi connectivity index (χ3v) is 4.44. The minimum Gasteiger partial charge on any atom is -0.378 e. The van der Waals surface area contributed by atoms with Crippen molar-refractivity contribution in [3.05, 3.63) is 35.4 Å². The van der Waals surface area contributed by atoms with E-state index in [0.29, 0.717) is 13.2 Å². The minimum atomic E-state index is -0.0295. The van der Waals surface area contributed by atoms with Crippen LogP contribution >= 0.6 is 0 Å². The normalized spacial score (nSPS) is 14.9. The third-order valence-electron chi connectivity index (χ3n) is 4.44. The largest absolute Gasteiger partial charge is 0.378 e. The Bertz CT molecular complexity index is 503. The summed E-state index contributed by atoms with van der Waals surface area (Å²) in [7, 11) is 0. The van der Waals surface area contributed by atoms with Gasteiger partial charge in [-0.2, -0.15) is 0 Å². The Morgan fingerprint density at radius 3 is 2.62 bits per heavy atom. The predicted octanol–water partition coefficient (Wildman–Crippen LogP) is 4.73. The highest BCUT2D eigenvalue weighted by Crippen LogP contribution is 2.22. The quantitative estimate of drug-likeness (QED) is 0.519. The average molecular weight is 333 g/mol. The first-order valence-electron chi connectivity index (χ1n) is 9.40. The molecule has 1 aliphatic heterocycles. The van der Waals surface area contributed by atoms with E-state index in [1.165, 1.54) is 24.3 Å². The molecule has 1 aromatic rings. The fraction of sp³-hybridized carbons (Fsp3) is 0.650. The van der Waals surface area contributed by atoms with Crippen LogP contribution in [0.4, 0.5) is 0 Å². The lowest BCUT2D eigenvalue weighted by atomic mass is 10.1. The van der Waals surface area contributed by atoms with Gasteiger partial charge in [-0.1, -0.05) is 57.7 Å². The van der Waals surface area contributed by atoms with Crippen LogP contribution in [0.15, 0.2) is 24.3 Å². The molecular weight excluding hydrogens is 302 g/mol. The lowest BCUT2D eigenvalue weighted by Crippen LogP contribution is -2.26. The molecule has 1 aliphatic rings. The zero-order valence-electron chi connectivity index (χ0n) is 15.1. The van der Waals surface area contributed by atoms with E-state index in [4.69, 9.17) is 9.57 Å². The van der Waals surface area contributed by atoms with Crippen LogP contribution in [-0.4, -0.2) is 30.3 Å². The Kier molecular flexibility index (Phi) is 8.26. The summed E-state index contributed by atoms with van der Waals surface area (Å²) < 4.78 is 6.00. The van der Waals surface area contributed by atoms with Gasteiger partial charge in [0.25, 0.3) is 5.91 Å². The molecule has 134 valence electrons. The highest BCUT2D eigenvalue weighted by atomic mass is 16.7. The highest BCUT2D eigenvalue weighted by Gasteiger charge is 2.27. The number of rotatable bonds is 12. The fourth-order valence-electron chi connectivity index (χ4n) is 3.04.